The van der Waals surface area contributed by atoms with Crippen LogP contribution in [-0.2, 0) is 14.3 Å². The zero-order chi connectivity index (χ0) is 39.6. The van der Waals surface area contributed by atoms with Gasteiger partial charge in [-0.1, -0.05) is 72.0 Å². The minimum Gasteiger partial charge on any atom is -0.494 e. The highest BCUT2D eigenvalue weighted by molar-refractivity contribution is 5.99. The molecule has 3 saturated carbocycles. The van der Waals surface area contributed by atoms with Gasteiger partial charge in [-0.25, -0.2) is 10.2 Å². The molecule has 0 bridgehead atoms. The van der Waals surface area contributed by atoms with E-state index >= 15 is 0 Å². The van der Waals surface area contributed by atoms with Gasteiger partial charge in [0.15, 0.2) is 0 Å². The largest absolute Gasteiger partial charge is 0.494 e. The molecule has 9 heteroatoms. The van der Waals surface area contributed by atoms with Crippen molar-refractivity contribution in [2.45, 2.75) is 157 Å². The van der Waals surface area contributed by atoms with Crippen LogP contribution in [0.3, 0.4) is 0 Å². The Kier molecular flexibility index (Phi) is 15.3. The van der Waals surface area contributed by atoms with E-state index in [1.54, 1.807) is 17.7 Å². The number of alkyl carbamates (subject to hydrolysis) is 1. The maximum atomic E-state index is 12.8. The molecule has 3 fully saturated rings. The van der Waals surface area contributed by atoms with E-state index in [2.05, 4.69) is 56.5 Å². The molecule has 0 radical (unpaired) electrons. The van der Waals surface area contributed by atoms with Crippen molar-refractivity contribution in [3.63, 3.8) is 0 Å². The molecule has 2 amide bonds. The van der Waals surface area contributed by atoms with Crippen LogP contribution in [0.4, 0.5) is 4.79 Å². The number of hydrogen-bond acceptors (Lipinski definition) is 6. The topological polar surface area (TPSA) is 126 Å². The van der Waals surface area contributed by atoms with Crippen LogP contribution in [0.15, 0.2) is 41.0 Å². The average Bonchev–Trinajstić information content (AvgIpc) is 3.51. The molecule has 1 aromatic rings. The third-order valence-electron chi connectivity index (χ3n) is 14.3. The number of hydrazone groups is 1. The van der Waals surface area contributed by atoms with Crippen LogP contribution >= 0.6 is 0 Å². The number of benzene rings is 1. The lowest BCUT2D eigenvalue weighted by Crippen LogP contribution is -2.51. The molecule has 0 heterocycles. The fourth-order valence-corrected chi connectivity index (χ4v) is 11.2. The molecule has 3 unspecified atom stereocenters. The van der Waals surface area contributed by atoms with Crippen LogP contribution in [0.1, 0.15) is 156 Å². The third kappa shape index (κ3) is 11.2. The molecule has 55 heavy (non-hydrogen) atoms. The van der Waals surface area contributed by atoms with E-state index in [4.69, 9.17) is 14.6 Å². The van der Waals surface area contributed by atoms with Gasteiger partial charge < -0.3 is 19.9 Å². The second-order valence-electron chi connectivity index (χ2n) is 18.4. The monoisotopic (exact) mass is 762 g/mol. The quantitative estimate of drug-likeness (QED) is 0.0558. The minimum absolute atomic E-state index is 0.0540. The summed E-state index contributed by atoms with van der Waals surface area (Å²) in [5.74, 6) is 4.62. The summed E-state index contributed by atoms with van der Waals surface area (Å²) in [6, 6.07) is 7.32. The first-order chi connectivity index (χ1) is 26.3. The van der Waals surface area contributed by atoms with E-state index in [9.17, 15) is 14.4 Å². The number of amides is 2. The van der Waals surface area contributed by atoms with E-state index < -0.39 is 5.97 Å². The number of ether oxygens (including phenoxy) is 2. The van der Waals surface area contributed by atoms with Gasteiger partial charge in [-0.2, -0.15) is 5.10 Å². The molecule has 8 atom stereocenters. The van der Waals surface area contributed by atoms with E-state index in [1.165, 1.54) is 51.4 Å². The standard InChI is InChI=1S/C46H71N3O6/c1-31(2)12-10-13-32(3)39-22-23-40-38-21-18-35-30-37(24-26-45(35,5)41(38)25-27-46(39,40)6)55-44(53)47-28-9-7-8-14-42(50)49-48-33(4)34-16-19-36(20-17-34)54-29-11-15-43(51)52/h16-20,31-32,37-41H,7-15,21-30H2,1-6H3,(H,47,53)(H,49,50)(H,51,52)/b48-33-/t32-,37+,38?,39-,40?,41?,45+,46-/m1/s1. The molecule has 3 N–H and O–H groups in total. The zero-order valence-electron chi connectivity index (χ0n) is 34.8. The molecule has 0 aromatic heterocycles. The third-order valence-corrected chi connectivity index (χ3v) is 14.3. The number of aliphatic carboxylic acids is 1. The summed E-state index contributed by atoms with van der Waals surface area (Å²) in [5, 5.41) is 15.9. The number of rotatable bonds is 19. The van der Waals surface area contributed by atoms with Crippen LogP contribution < -0.4 is 15.5 Å². The fourth-order valence-electron chi connectivity index (χ4n) is 11.2. The molecule has 4 aliphatic carbocycles. The Hall–Kier alpha value is -3.36. The summed E-state index contributed by atoms with van der Waals surface area (Å²) in [6.07, 6.45) is 19.2. The predicted molar refractivity (Wildman–Crippen MR) is 219 cm³/mol. The van der Waals surface area contributed by atoms with E-state index in [0.29, 0.717) is 49.3 Å². The maximum absolute atomic E-state index is 12.8. The summed E-state index contributed by atoms with van der Waals surface area (Å²) in [6.45, 7) is 15.2. The van der Waals surface area contributed by atoms with Gasteiger partial charge in [0, 0.05) is 25.8 Å². The number of hydrogen-bond donors (Lipinski definition) is 3. The number of carboxylic acid groups (broad SMARTS) is 1. The van der Waals surface area contributed by atoms with Crippen molar-refractivity contribution in [3.05, 3.63) is 41.5 Å². The highest BCUT2D eigenvalue weighted by Gasteiger charge is 2.59. The molecular weight excluding hydrogens is 691 g/mol. The molecule has 4 aliphatic rings. The second-order valence-corrected chi connectivity index (χ2v) is 18.4. The van der Waals surface area contributed by atoms with E-state index in [1.807, 2.05) is 19.1 Å². The van der Waals surface area contributed by atoms with Gasteiger partial charge in [0.1, 0.15) is 11.9 Å². The number of nitrogens with one attached hydrogen (secondary N) is 2. The van der Waals surface area contributed by atoms with Gasteiger partial charge in [0.2, 0.25) is 5.91 Å². The van der Waals surface area contributed by atoms with Crippen molar-refractivity contribution in [2.75, 3.05) is 13.2 Å². The molecule has 0 saturated heterocycles. The highest BCUT2D eigenvalue weighted by Crippen LogP contribution is 2.67. The molecule has 306 valence electrons. The number of fused-ring (bicyclic) bond motifs is 5. The average molecular weight is 762 g/mol. The highest BCUT2D eigenvalue weighted by atomic mass is 16.6. The number of carbonyl (C=O) groups excluding carboxylic acids is 2. The number of nitrogens with zero attached hydrogens (tertiary/aromatic N) is 1. The van der Waals surface area contributed by atoms with Gasteiger partial charge >= 0.3 is 12.1 Å². The maximum Gasteiger partial charge on any atom is 0.407 e. The van der Waals surface area contributed by atoms with Crippen molar-refractivity contribution in [1.29, 1.82) is 0 Å². The van der Waals surface area contributed by atoms with Crippen LogP contribution in [0, 0.1) is 46.3 Å². The summed E-state index contributed by atoms with van der Waals surface area (Å²) in [5.41, 5.74) is 6.45. The number of carbonyl (C=O) groups is 3. The van der Waals surface area contributed by atoms with Gasteiger partial charge in [-0.15, -0.1) is 0 Å². The first kappa shape index (κ1) is 42.8. The predicted octanol–water partition coefficient (Wildman–Crippen LogP) is 10.5. The van der Waals surface area contributed by atoms with Crippen LogP contribution in [0.25, 0.3) is 0 Å². The van der Waals surface area contributed by atoms with Crippen molar-refractivity contribution >= 4 is 23.7 Å². The molecule has 0 spiro atoms. The van der Waals surface area contributed by atoms with Gasteiger partial charge in [0.05, 0.1) is 12.3 Å². The Morgan fingerprint density at radius 2 is 1.69 bits per heavy atom. The normalized spacial score (nSPS) is 29.3. The number of carboxylic acids is 1. The first-order valence-electron chi connectivity index (χ1n) is 21.7. The molecule has 1 aromatic carbocycles. The van der Waals surface area contributed by atoms with Crippen molar-refractivity contribution in [2.24, 2.45) is 51.4 Å². The molecular formula is C46H71N3O6. The minimum atomic E-state index is -0.834. The van der Waals surface area contributed by atoms with E-state index in [0.717, 1.165) is 73.2 Å². The summed E-state index contributed by atoms with van der Waals surface area (Å²) < 4.78 is 11.5. The SMILES string of the molecule is C/C(=N/NC(=O)CCCCCNC(=O)O[C@H]1CC[C@@]2(C)C(=CCC3C2CC[C@@]2(C)C3CC[C@@H]2[C@H](C)CCCC(C)C)C1)c1ccc(OCCCC(=O)O)cc1. The van der Waals surface area contributed by atoms with Crippen molar-refractivity contribution in [1.82, 2.24) is 10.7 Å². The second kappa shape index (κ2) is 19.7. The molecule has 5 rings (SSSR count). The van der Waals surface area contributed by atoms with Crippen molar-refractivity contribution in [3.8, 4) is 5.75 Å². The first-order valence-corrected chi connectivity index (χ1v) is 21.7. The fraction of sp³-hybridized carbons (Fsp3) is 0.739. The number of unbranched alkanes of at least 4 members (excludes halogenated alkanes) is 2. The molecule has 0 aliphatic heterocycles. The Balaban J connectivity index is 0.968. The van der Waals surface area contributed by atoms with Crippen LogP contribution in [-0.4, -0.2) is 48.0 Å². The van der Waals surface area contributed by atoms with Gasteiger partial charge in [0.25, 0.3) is 0 Å². The lowest BCUT2D eigenvalue weighted by atomic mass is 9.47. The lowest BCUT2D eigenvalue weighted by molar-refractivity contribution is -0.137. The van der Waals surface area contributed by atoms with Crippen LogP contribution in [0.5, 0.6) is 5.75 Å². The zero-order valence-corrected chi connectivity index (χ0v) is 34.8. The summed E-state index contributed by atoms with van der Waals surface area (Å²) in [7, 11) is 0. The Morgan fingerprint density at radius 3 is 2.44 bits per heavy atom. The van der Waals surface area contributed by atoms with Gasteiger partial charge in [-0.05, 0) is 147 Å². The van der Waals surface area contributed by atoms with Gasteiger partial charge in [-0.3, -0.25) is 9.59 Å². The van der Waals surface area contributed by atoms with Crippen molar-refractivity contribution < 1.29 is 29.0 Å². The number of allylic oxidation sites excluding steroid dienone is 1. The molecule has 9 nitrogen and oxygen atoms in total. The lowest BCUT2D eigenvalue weighted by Gasteiger charge is -2.58. The Morgan fingerprint density at radius 1 is 0.909 bits per heavy atom. The summed E-state index contributed by atoms with van der Waals surface area (Å²) >= 11 is 0. The Labute approximate surface area is 331 Å². The smallest absolute Gasteiger partial charge is 0.407 e. The van der Waals surface area contributed by atoms with E-state index in [-0.39, 0.29) is 29.9 Å². The van der Waals surface area contributed by atoms with Crippen LogP contribution in [0.2, 0.25) is 0 Å². The Bertz CT molecular complexity index is 1500. The summed E-state index contributed by atoms with van der Waals surface area (Å²) in [4.78, 5) is 35.8.